The summed E-state index contributed by atoms with van der Waals surface area (Å²) in [4.78, 5) is 21.7. The molecule has 0 spiro atoms. The van der Waals surface area contributed by atoms with Gasteiger partial charge in [0.15, 0.2) is 0 Å². The maximum absolute atomic E-state index is 13.8. The number of carbonyl (C=O) groups is 1. The number of carbonyl (C=O) groups excluding carboxylic acids is 1. The molecule has 4 rings (SSSR count). The average molecular weight is 515 g/mol. The molecule has 8 nitrogen and oxygen atoms in total. The molecule has 2 aliphatic heterocycles. The molecule has 3 fully saturated rings. The topological polar surface area (TPSA) is 76.2 Å². The molecule has 1 aromatic rings. The number of piperazine rings is 1. The highest BCUT2D eigenvalue weighted by Crippen LogP contribution is 2.43. The summed E-state index contributed by atoms with van der Waals surface area (Å²) in [6, 6.07) is 2.46. The van der Waals surface area contributed by atoms with E-state index < -0.39 is 17.2 Å². The summed E-state index contributed by atoms with van der Waals surface area (Å²) in [5.41, 5.74) is -1.22. The molecule has 0 aromatic carbocycles. The molecular formula is C25H37F3N4O4. The zero-order chi connectivity index (χ0) is 25.8. The standard InChI is InChI=1S/C25H37F3N4O4/c1-34-14-7-24(6-3-19(16-24)30-20-5-13-36-17-21(20)35-2)23(33)32-11-9-31(10-12-32)22-15-18(4-8-29-22)25(26,27)28/h4,8,15,19-21,30H,3,5-7,9-14,16-17H2,1-2H3/t19-,20+,21-,24-/m1/s1. The fourth-order valence-corrected chi connectivity index (χ4v) is 5.77. The highest BCUT2D eigenvalue weighted by atomic mass is 19.4. The Morgan fingerprint density at radius 2 is 2.03 bits per heavy atom. The number of amides is 1. The van der Waals surface area contributed by atoms with Gasteiger partial charge in [-0.15, -0.1) is 0 Å². The lowest BCUT2D eigenvalue weighted by Crippen LogP contribution is -2.54. The van der Waals surface area contributed by atoms with Crippen molar-refractivity contribution in [2.75, 3.05) is 65.1 Å². The van der Waals surface area contributed by atoms with E-state index in [1.54, 1.807) is 14.2 Å². The number of hydrogen-bond acceptors (Lipinski definition) is 7. The van der Waals surface area contributed by atoms with Gasteiger partial charge >= 0.3 is 6.18 Å². The van der Waals surface area contributed by atoms with E-state index >= 15 is 0 Å². The third kappa shape index (κ3) is 6.12. The molecule has 1 saturated carbocycles. The lowest BCUT2D eigenvalue weighted by molar-refractivity contribution is -0.143. The van der Waals surface area contributed by atoms with Gasteiger partial charge in [0.25, 0.3) is 0 Å². The van der Waals surface area contributed by atoms with Gasteiger partial charge in [-0.3, -0.25) is 4.79 Å². The van der Waals surface area contributed by atoms with Crippen LogP contribution in [-0.4, -0.2) is 94.2 Å². The Hall–Kier alpha value is -1.95. The van der Waals surface area contributed by atoms with Crippen LogP contribution in [-0.2, 0) is 25.2 Å². The fraction of sp³-hybridized carbons (Fsp3) is 0.760. The number of halogens is 3. The molecule has 36 heavy (non-hydrogen) atoms. The second-order valence-corrected chi connectivity index (χ2v) is 10.1. The van der Waals surface area contributed by atoms with Crippen LogP contribution in [0.25, 0.3) is 0 Å². The molecule has 1 aliphatic carbocycles. The van der Waals surface area contributed by atoms with Crippen LogP contribution in [0.3, 0.4) is 0 Å². The lowest BCUT2D eigenvalue weighted by atomic mass is 9.80. The van der Waals surface area contributed by atoms with Crippen molar-refractivity contribution in [2.24, 2.45) is 5.41 Å². The predicted octanol–water partition coefficient (Wildman–Crippen LogP) is 2.72. The molecule has 1 N–H and O–H groups in total. The van der Waals surface area contributed by atoms with Crippen LogP contribution in [0.2, 0.25) is 0 Å². The molecule has 3 aliphatic rings. The van der Waals surface area contributed by atoms with Crippen LogP contribution in [0.15, 0.2) is 18.3 Å². The molecule has 0 bridgehead atoms. The average Bonchev–Trinajstić information content (AvgIpc) is 3.31. The van der Waals surface area contributed by atoms with Gasteiger partial charge in [-0.05, 0) is 44.2 Å². The van der Waals surface area contributed by atoms with Crippen molar-refractivity contribution < 1.29 is 32.2 Å². The third-order valence-corrected chi connectivity index (χ3v) is 7.87. The van der Waals surface area contributed by atoms with Gasteiger partial charge in [0.2, 0.25) is 5.91 Å². The molecule has 3 heterocycles. The van der Waals surface area contributed by atoms with E-state index in [9.17, 15) is 18.0 Å². The van der Waals surface area contributed by atoms with Crippen molar-refractivity contribution >= 4 is 11.7 Å². The Morgan fingerprint density at radius 3 is 2.72 bits per heavy atom. The molecule has 11 heteroatoms. The number of ether oxygens (including phenoxy) is 3. The number of methoxy groups -OCH3 is 2. The Bertz CT molecular complexity index is 881. The lowest BCUT2D eigenvalue weighted by Gasteiger charge is -2.40. The second-order valence-electron chi connectivity index (χ2n) is 10.1. The van der Waals surface area contributed by atoms with Gasteiger partial charge in [-0.2, -0.15) is 13.2 Å². The van der Waals surface area contributed by atoms with E-state index in [0.717, 1.165) is 37.8 Å². The number of nitrogens with zero attached hydrogens (tertiary/aromatic N) is 3. The Balaban J connectivity index is 1.38. The summed E-state index contributed by atoms with van der Waals surface area (Å²) in [6.45, 7) is 3.57. The minimum Gasteiger partial charge on any atom is -0.385 e. The van der Waals surface area contributed by atoms with E-state index in [2.05, 4.69) is 10.3 Å². The third-order valence-electron chi connectivity index (χ3n) is 7.87. The second kappa shape index (κ2) is 11.6. The first-order valence-electron chi connectivity index (χ1n) is 12.7. The van der Waals surface area contributed by atoms with Crippen LogP contribution in [0, 0.1) is 5.41 Å². The molecule has 2 saturated heterocycles. The first kappa shape index (κ1) is 27.1. The fourth-order valence-electron chi connectivity index (χ4n) is 5.77. The Morgan fingerprint density at radius 1 is 1.25 bits per heavy atom. The van der Waals surface area contributed by atoms with Gasteiger partial charge in [-0.1, -0.05) is 0 Å². The number of nitrogens with one attached hydrogen (secondary N) is 1. The van der Waals surface area contributed by atoms with Crippen molar-refractivity contribution in [1.82, 2.24) is 15.2 Å². The predicted molar refractivity (Wildman–Crippen MR) is 128 cm³/mol. The van der Waals surface area contributed by atoms with Gasteiger partial charge in [0.05, 0.1) is 23.7 Å². The van der Waals surface area contributed by atoms with Gasteiger partial charge in [0.1, 0.15) is 5.82 Å². The summed E-state index contributed by atoms with van der Waals surface area (Å²) in [5.74, 6) is 0.413. The Kier molecular flexibility index (Phi) is 8.75. The highest BCUT2D eigenvalue weighted by molar-refractivity contribution is 5.83. The molecule has 4 atom stereocenters. The number of anilines is 1. The normalized spacial score (nSPS) is 29.5. The summed E-state index contributed by atoms with van der Waals surface area (Å²) in [5, 5.41) is 3.73. The van der Waals surface area contributed by atoms with Crippen LogP contribution in [0.4, 0.5) is 19.0 Å². The number of pyridine rings is 1. The minimum atomic E-state index is -4.41. The maximum atomic E-state index is 13.8. The van der Waals surface area contributed by atoms with Crippen LogP contribution >= 0.6 is 0 Å². The largest absolute Gasteiger partial charge is 0.416 e. The zero-order valence-electron chi connectivity index (χ0n) is 21.1. The SMILES string of the molecule is COCC[C@]1(C(=O)N2CCN(c3cc(C(F)(F)F)ccn3)CC2)CC[C@@H](N[C@H]2CCOC[C@H]2OC)C1. The molecule has 1 aromatic heterocycles. The van der Waals surface area contributed by atoms with E-state index in [0.29, 0.717) is 58.2 Å². The molecule has 1 amide bonds. The van der Waals surface area contributed by atoms with Crippen molar-refractivity contribution in [3.05, 3.63) is 23.9 Å². The molecule has 0 unspecified atom stereocenters. The molecule has 202 valence electrons. The number of hydrogen-bond donors (Lipinski definition) is 1. The maximum Gasteiger partial charge on any atom is 0.416 e. The quantitative estimate of drug-likeness (QED) is 0.572. The van der Waals surface area contributed by atoms with E-state index in [-0.39, 0.29) is 24.1 Å². The highest BCUT2D eigenvalue weighted by Gasteiger charge is 2.48. The van der Waals surface area contributed by atoms with Gasteiger partial charge < -0.3 is 29.3 Å². The Labute approximate surface area is 210 Å². The smallest absolute Gasteiger partial charge is 0.385 e. The van der Waals surface area contributed by atoms with Gasteiger partial charge in [0, 0.05) is 71.9 Å². The number of alkyl halides is 3. The van der Waals surface area contributed by atoms with E-state index in [1.165, 1.54) is 6.20 Å². The van der Waals surface area contributed by atoms with Crippen molar-refractivity contribution in [3.8, 4) is 0 Å². The molecule has 0 radical (unpaired) electrons. The van der Waals surface area contributed by atoms with Crippen LogP contribution in [0.1, 0.15) is 37.7 Å². The number of rotatable bonds is 8. The molecular weight excluding hydrogens is 477 g/mol. The number of aromatic nitrogens is 1. The first-order valence-corrected chi connectivity index (χ1v) is 12.7. The summed E-state index contributed by atoms with van der Waals surface area (Å²) in [6.07, 6.45) is 0.717. The van der Waals surface area contributed by atoms with Crippen molar-refractivity contribution in [1.29, 1.82) is 0 Å². The summed E-state index contributed by atoms with van der Waals surface area (Å²) >= 11 is 0. The summed E-state index contributed by atoms with van der Waals surface area (Å²) in [7, 11) is 3.35. The monoisotopic (exact) mass is 514 g/mol. The van der Waals surface area contributed by atoms with Crippen LogP contribution < -0.4 is 10.2 Å². The van der Waals surface area contributed by atoms with E-state index in [4.69, 9.17) is 14.2 Å². The van der Waals surface area contributed by atoms with E-state index in [1.807, 2.05) is 9.80 Å². The van der Waals surface area contributed by atoms with Crippen molar-refractivity contribution in [2.45, 2.75) is 56.5 Å². The van der Waals surface area contributed by atoms with Gasteiger partial charge in [-0.25, -0.2) is 4.98 Å². The van der Waals surface area contributed by atoms with Crippen molar-refractivity contribution in [3.63, 3.8) is 0 Å². The minimum absolute atomic E-state index is 0.000891. The van der Waals surface area contributed by atoms with Crippen LogP contribution in [0.5, 0.6) is 0 Å². The summed E-state index contributed by atoms with van der Waals surface area (Å²) < 4.78 is 55.8. The first-order chi connectivity index (χ1) is 17.3. The zero-order valence-corrected chi connectivity index (χ0v) is 21.1.